The summed E-state index contributed by atoms with van der Waals surface area (Å²) in [6.45, 7) is 4.52. The van der Waals surface area contributed by atoms with Crippen molar-refractivity contribution < 1.29 is 0 Å². The van der Waals surface area contributed by atoms with Crippen molar-refractivity contribution >= 4 is 6.21 Å². The fraction of sp³-hybridized carbons (Fsp3) is 0.125. The number of hydrogen-bond donors (Lipinski definition) is 1. The molecular formula is C8H10N2. The molecule has 0 saturated heterocycles. The Labute approximate surface area is 60.6 Å². The van der Waals surface area contributed by atoms with Crippen LogP contribution in [0.4, 0.5) is 0 Å². The van der Waals surface area contributed by atoms with Crippen LogP contribution in [0.3, 0.4) is 0 Å². The van der Waals surface area contributed by atoms with E-state index >= 15 is 0 Å². The van der Waals surface area contributed by atoms with Crippen LogP contribution < -0.4 is 5.43 Å². The van der Waals surface area contributed by atoms with Gasteiger partial charge < -0.3 is 5.43 Å². The number of nitrogens with one attached hydrogen (secondary N) is 1. The third-order valence-corrected chi connectivity index (χ3v) is 1.09. The highest BCUT2D eigenvalue weighted by Gasteiger charge is 1.81. The van der Waals surface area contributed by atoms with E-state index in [0.717, 1.165) is 12.1 Å². The number of nitrogens with zero attached hydrogens (tertiary/aromatic N) is 1. The topological polar surface area (TPSA) is 24.4 Å². The third-order valence-electron chi connectivity index (χ3n) is 1.09. The maximum Gasteiger partial charge on any atom is 0.0534 e. The van der Waals surface area contributed by atoms with Crippen LogP contribution in [0.1, 0.15) is 0 Å². The van der Waals surface area contributed by atoms with Crippen LogP contribution in [0.15, 0.2) is 41.6 Å². The summed E-state index contributed by atoms with van der Waals surface area (Å²) in [7, 11) is 0. The van der Waals surface area contributed by atoms with Crippen molar-refractivity contribution in [1.82, 2.24) is 5.43 Å². The molecule has 0 aromatic rings. The van der Waals surface area contributed by atoms with Gasteiger partial charge in [-0.25, -0.2) is 0 Å². The zero-order chi connectivity index (χ0) is 7.23. The van der Waals surface area contributed by atoms with Crippen molar-refractivity contribution in [1.29, 1.82) is 0 Å². The van der Waals surface area contributed by atoms with E-state index in [0.29, 0.717) is 0 Å². The van der Waals surface area contributed by atoms with E-state index in [9.17, 15) is 0 Å². The van der Waals surface area contributed by atoms with Gasteiger partial charge in [0.1, 0.15) is 0 Å². The highest BCUT2D eigenvalue weighted by Crippen LogP contribution is 1.90. The molecule has 1 heterocycles. The fourth-order valence-corrected chi connectivity index (χ4v) is 0.603. The lowest BCUT2D eigenvalue weighted by Gasteiger charge is -1.90. The predicted octanol–water partition coefficient (Wildman–Crippen LogP) is 1.24. The molecule has 0 amide bonds. The highest BCUT2D eigenvalue weighted by atomic mass is 15.3. The molecule has 2 heteroatoms. The van der Waals surface area contributed by atoms with Crippen LogP contribution >= 0.6 is 0 Å². The third kappa shape index (κ3) is 2.31. The Morgan fingerprint density at radius 1 is 1.50 bits per heavy atom. The summed E-state index contributed by atoms with van der Waals surface area (Å²) in [5.41, 5.74) is 3.74. The van der Waals surface area contributed by atoms with Crippen molar-refractivity contribution in [2.45, 2.75) is 0 Å². The van der Waals surface area contributed by atoms with Crippen molar-refractivity contribution in [2.24, 2.45) is 5.10 Å². The van der Waals surface area contributed by atoms with Crippen LogP contribution in [0.25, 0.3) is 0 Å². The molecule has 0 aliphatic carbocycles. The van der Waals surface area contributed by atoms with Crippen LogP contribution in [-0.4, -0.2) is 12.8 Å². The van der Waals surface area contributed by atoms with Gasteiger partial charge in [0.25, 0.3) is 0 Å². The van der Waals surface area contributed by atoms with E-state index in [2.05, 4.69) is 17.1 Å². The summed E-state index contributed by atoms with van der Waals surface area (Å²) in [5, 5.41) is 3.89. The maximum absolute atomic E-state index is 3.89. The van der Waals surface area contributed by atoms with Gasteiger partial charge in [0.15, 0.2) is 0 Å². The minimum absolute atomic E-state index is 0.772. The molecule has 0 radical (unpaired) electrons. The van der Waals surface area contributed by atoms with Crippen LogP contribution in [0.2, 0.25) is 0 Å². The first-order valence-corrected chi connectivity index (χ1v) is 3.17. The Balaban J connectivity index is 2.64. The van der Waals surface area contributed by atoms with Gasteiger partial charge in [0, 0.05) is 0 Å². The zero-order valence-electron chi connectivity index (χ0n) is 5.75. The first-order chi connectivity index (χ1) is 4.89. The number of hydrogen-bond acceptors (Lipinski definition) is 2. The lowest BCUT2D eigenvalue weighted by Crippen LogP contribution is -2.03. The maximum atomic E-state index is 3.89. The molecule has 0 unspecified atom stereocenters. The molecule has 1 aliphatic heterocycles. The summed E-state index contributed by atoms with van der Waals surface area (Å²) in [4.78, 5) is 0. The van der Waals surface area contributed by atoms with Crippen molar-refractivity contribution in [3.8, 4) is 0 Å². The summed E-state index contributed by atoms with van der Waals surface area (Å²) < 4.78 is 0. The summed E-state index contributed by atoms with van der Waals surface area (Å²) in [6, 6.07) is 0. The van der Waals surface area contributed by atoms with E-state index in [-0.39, 0.29) is 0 Å². The number of allylic oxidation sites excluding steroid dienone is 4. The van der Waals surface area contributed by atoms with Gasteiger partial charge in [-0.05, 0) is 5.57 Å². The van der Waals surface area contributed by atoms with Crippen LogP contribution in [-0.2, 0) is 0 Å². The summed E-state index contributed by atoms with van der Waals surface area (Å²) in [5.74, 6) is 0. The molecule has 1 N–H and O–H groups in total. The quantitative estimate of drug-likeness (QED) is 0.529. The second-order valence-electron chi connectivity index (χ2n) is 1.98. The average molecular weight is 134 g/mol. The van der Waals surface area contributed by atoms with E-state index in [1.165, 1.54) is 0 Å². The lowest BCUT2D eigenvalue weighted by molar-refractivity contribution is 0.831. The van der Waals surface area contributed by atoms with Gasteiger partial charge in [0.05, 0.1) is 12.8 Å². The van der Waals surface area contributed by atoms with E-state index in [1.54, 1.807) is 6.21 Å². The molecule has 0 saturated carbocycles. The summed E-state index contributed by atoms with van der Waals surface area (Å²) in [6.07, 6.45) is 9.51. The Morgan fingerprint density at radius 2 is 2.40 bits per heavy atom. The molecule has 2 nitrogen and oxygen atoms in total. The minimum Gasteiger partial charge on any atom is -0.306 e. The average Bonchev–Trinajstić information content (AvgIpc) is 2.02. The Kier molecular flexibility index (Phi) is 2.49. The largest absolute Gasteiger partial charge is 0.306 e. The van der Waals surface area contributed by atoms with Gasteiger partial charge in [-0.15, -0.1) is 0 Å². The molecule has 0 fully saturated rings. The van der Waals surface area contributed by atoms with Gasteiger partial charge in [-0.1, -0.05) is 30.9 Å². The first kappa shape index (κ1) is 6.81. The smallest absolute Gasteiger partial charge is 0.0534 e. The van der Waals surface area contributed by atoms with E-state index < -0.39 is 0 Å². The summed E-state index contributed by atoms with van der Waals surface area (Å²) >= 11 is 0. The fourth-order valence-electron chi connectivity index (χ4n) is 0.603. The van der Waals surface area contributed by atoms with E-state index in [4.69, 9.17) is 0 Å². The predicted molar refractivity (Wildman–Crippen MR) is 43.9 cm³/mol. The number of hydrazone groups is 1. The molecule has 0 aromatic carbocycles. The van der Waals surface area contributed by atoms with Gasteiger partial charge in [0.2, 0.25) is 0 Å². The molecule has 10 heavy (non-hydrogen) atoms. The molecule has 1 aliphatic rings. The highest BCUT2D eigenvalue weighted by molar-refractivity contribution is 5.81. The Hall–Kier alpha value is -1.31. The lowest BCUT2D eigenvalue weighted by atomic mass is 10.3. The second kappa shape index (κ2) is 3.67. The monoisotopic (exact) mass is 134 g/mol. The zero-order valence-corrected chi connectivity index (χ0v) is 5.75. The molecule has 0 spiro atoms. The van der Waals surface area contributed by atoms with Gasteiger partial charge >= 0.3 is 0 Å². The van der Waals surface area contributed by atoms with Crippen molar-refractivity contribution in [3.05, 3.63) is 36.5 Å². The Morgan fingerprint density at radius 3 is 3.30 bits per heavy atom. The molecule has 52 valence electrons. The number of rotatable bonds is 0. The van der Waals surface area contributed by atoms with Gasteiger partial charge in [-0.3, -0.25) is 0 Å². The Bertz CT molecular complexity index is 199. The van der Waals surface area contributed by atoms with Crippen molar-refractivity contribution in [3.63, 3.8) is 0 Å². The minimum atomic E-state index is 0.772. The van der Waals surface area contributed by atoms with Crippen LogP contribution in [0, 0.1) is 0 Å². The second-order valence-corrected chi connectivity index (χ2v) is 1.98. The molecule has 0 aromatic heterocycles. The molecule has 0 bridgehead atoms. The molecular weight excluding hydrogens is 124 g/mol. The molecule has 0 atom stereocenters. The SMILES string of the molecule is C=C1/C=C\C=C/CN/N=C\1. The van der Waals surface area contributed by atoms with E-state index in [1.807, 2.05) is 24.3 Å². The first-order valence-electron chi connectivity index (χ1n) is 3.17. The van der Waals surface area contributed by atoms with Crippen molar-refractivity contribution in [2.75, 3.05) is 6.54 Å². The standard InChI is InChI=1S/C8H10N2/c1-8-5-3-2-4-6-9-10-7-8/h2-5,7,9H,1,6H2/b4-2-,5-3-,10-7-. The normalized spacial score (nSPS) is 27.0. The molecule has 1 rings (SSSR count). The van der Waals surface area contributed by atoms with Gasteiger partial charge in [-0.2, -0.15) is 5.10 Å². The van der Waals surface area contributed by atoms with Crippen LogP contribution in [0.5, 0.6) is 0 Å².